The van der Waals surface area contributed by atoms with Gasteiger partial charge in [0.1, 0.15) is 8.07 Å². The molecule has 4 heteroatoms. The van der Waals surface area contributed by atoms with E-state index in [4.69, 9.17) is 0 Å². The average Bonchev–Trinajstić information content (AvgIpc) is 2.70. The first-order valence-electron chi connectivity index (χ1n) is 11.0. The minimum Gasteiger partial charge on any atom is -0.225 e. The fourth-order valence-electron chi connectivity index (χ4n) is 4.78. The first-order chi connectivity index (χ1) is 13.8. The highest BCUT2D eigenvalue weighted by Gasteiger charge is 2.48. The predicted molar refractivity (Wildman–Crippen MR) is 162 cm³/mol. The van der Waals surface area contributed by atoms with Crippen LogP contribution in [0.5, 0.6) is 0 Å². The van der Waals surface area contributed by atoms with Gasteiger partial charge in [-0.1, -0.05) is 150 Å². The summed E-state index contributed by atoms with van der Waals surface area (Å²) in [6, 6.07) is 22.7. The van der Waals surface area contributed by atoms with E-state index in [2.05, 4.69) is 160 Å². The third-order valence-corrected chi connectivity index (χ3v) is 25.5. The maximum absolute atomic E-state index is 2.83. The van der Waals surface area contributed by atoms with E-state index < -0.39 is 18.1 Å². The molecule has 0 amide bonds. The zero-order chi connectivity index (χ0) is 22.8. The monoisotopic (exact) mass is 666 g/mol. The van der Waals surface area contributed by atoms with Gasteiger partial charge in [0, 0.05) is 5.80 Å². The molecule has 0 aromatic heterocycles. The number of alkyl halides is 2. The second kappa shape index (κ2) is 10.2. The Kier molecular flexibility index (Phi) is 9.05. The third kappa shape index (κ3) is 5.17. The molecule has 2 aromatic rings. The Bertz CT molecular complexity index is 759. The zero-order valence-electron chi connectivity index (χ0n) is 20.0. The molecule has 0 radical (unpaired) electrons. The second-order valence-corrected chi connectivity index (χ2v) is 26.1. The Balaban J connectivity index is 2.41. The van der Waals surface area contributed by atoms with Crippen LogP contribution in [0.3, 0.4) is 0 Å². The SMILES string of the molecule is CC(C)S(C)(C(C)CCC(C)(I)[Si](C)(c1ccccc1)c1ccccc1)C(C)(C)I. The Morgan fingerprint density at radius 2 is 1.23 bits per heavy atom. The lowest BCUT2D eigenvalue weighted by atomic mass is 10.2. The normalized spacial score (nSPS) is 19.0. The molecule has 0 aliphatic rings. The summed E-state index contributed by atoms with van der Waals surface area (Å²) in [5.74, 6) is 0. The van der Waals surface area contributed by atoms with E-state index in [0.717, 1.165) is 10.5 Å². The first-order valence-corrected chi connectivity index (χ1v) is 17.9. The Labute approximate surface area is 216 Å². The summed E-state index contributed by atoms with van der Waals surface area (Å²) in [5.41, 5.74) is 0. The largest absolute Gasteiger partial charge is 0.225 e. The lowest BCUT2D eigenvalue weighted by Gasteiger charge is -2.55. The molecule has 168 valence electrons. The summed E-state index contributed by atoms with van der Waals surface area (Å²) in [4.78, 5) is 0. The van der Waals surface area contributed by atoms with E-state index in [1.54, 1.807) is 10.4 Å². The van der Waals surface area contributed by atoms with Crippen molar-refractivity contribution in [1.29, 1.82) is 0 Å². The van der Waals surface area contributed by atoms with Gasteiger partial charge in [0.2, 0.25) is 0 Å². The number of benzene rings is 2. The Morgan fingerprint density at radius 3 is 1.57 bits per heavy atom. The number of hydrogen-bond acceptors (Lipinski definition) is 0. The van der Waals surface area contributed by atoms with E-state index in [0.29, 0.717) is 2.75 Å². The fraction of sp³-hybridized carbons (Fsp3) is 0.538. The molecule has 0 N–H and O–H groups in total. The van der Waals surface area contributed by atoms with Gasteiger partial charge in [0.05, 0.1) is 0 Å². The van der Waals surface area contributed by atoms with Gasteiger partial charge in [-0.3, -0.25) is 0 Å². The molecule has 0 aliphatic carbocycles. The molecule has 0 aliphatic heterocycles. The maximum atomic E-state index is 2.83. The van der Waals surface area contributed by atoms with Crippen molar-refractivity contribution in [3.05, 3.63) is 60.7 Å². The molecule has 2 rings (SSSR count). The first kappa shape index (κ1) is 26.7. The molecule has 0 saturated heterocycles. The molecule has 0 nitrogen and oxygen atoms in total. The van der Waals surface area contributed by atoms with Crippen molar-refractivity contribution in [2.24, 2.45) is 0 Å². The van der Waals surface area contributed by atoms with E-state index in [-0.39, 0.29) is 3.04 Å². The van der Waals surface area contributed by atoms with Gasteiger partial charge in [0.25, 0.3) is 0 Å². The quantitative estimate of drug-likeness (QED) is 0.146. The number of halogens is 2. The van der Waals surface area contributed by atoms with Crippen LogP contribution in [-0.4, -0.2) is 30.6 Å². The standard InChI is InChI=1S/C26H40I2SSi/c1-21(2)29(7,25(4,5)27)22(3)19-20-26(6,28)30(8,23-15-11-9-12-16-23)24-17-13-10-14-18-24/h9-18,21-22H,19-20H2,1-8H3. The Morgan fingerprint density at radius 1 is 0.833 bits per heavy atom. The van der Waals surface area contributed by atoms with E-state index in [1.165, 1.54) is 12.8 Å². The Hall–Kier alpha value is 0.467. The molecule has 3 atom stereocenters. The van der Waals surface area contributed by atoms with Gasteiger partial charge in [-0.05, 0) is 43.4 Å². The highest BCUT2D eigenvalue weighted by atomic mass is 127. The number of hydrogen-bond donors (Lipinski definition) is 0. The summed E-state index contributed by atoms with van der Waals surface area (Å²) in [6.45, 7) is 17.5. The summed E-state index contributed by atoms with van der Waals surface area (Å²) >= 11 is 5.56. The van der Waals surface area contributed by atoms with Crippen LogP contribution in [0.2, 0.25) is 6.55 Å². The van der Waals surface area contributed by atoms with E-state index in [9.17, 15) is 0 Å². The second-order valence-electron chi connectivity index (χ2n) is 9.86. The molecule has 0 bridgehead atoms. The van der Waals surface area contributed by atoms with Crippen LogP contribution < -0.4 is 10.4 Å². The van der Waals surface area contributed by atoms with Crippen LogP contribution in [-0.2, 0) is 0 Å². The van der Waals surface area contributed by atoms with Crippen molar-refractivity contribution in [3.8, 4) is 0 Å². The van der Waals surface area contributed by atoms with Crippen LogP contribution in [0.15, 0.2) is 60.7 Å². The van der Waals surface area contributed by atoms with Gasteiger partial charge in [0.15, 0.2) is 0 Å². The van der Waals surface area contributed by atoms with Crippen molar-refractivity contribution < 1.29 is 0 Å². The summed E-state index contributed by atoms with van der Waals surface area (Å²) < 4.78 is 0.591. The van der Waals surface area contributed by atoms with Crippen LogP contribution in [0.1, 0.15) is 54.4 Å². The van der Waals surface area contributed by atoms with E-state index >= 15 is 0 Å². The predicted octanol–water partition coefficient (Wildman–Crippen LogP) is 7.79. The summed E-state index contributed by atoms with van der Waals surface area (Å²) in [6.07, 6.45) is 5.17. The molecular formula is C26H40I2SSi. The summed E-state index contributed by atoms with van der Waals surface area (Å²) in [7, 11) is -2.68. The minimum atomic E-state index is -1.93. The zero-order valence-corrected chi connectivity index (χ0v) is 26.1. The highest BCUT2D eigenvalue weighted by Crippen LogP contribution is 2.67. The fourth-order valence-corrected chi connectivity index (χ4v) is 17.3. The average molecular weight is 667 g/mol. The minimum absolute atomic E-state index is 0.245. The summed E-state index contributed by atoms with van der Waals surface area (Å²) in [5, 5.41) is 4.60. The van der Waals surface area contributed by atoms with Crippen molar-refractivity contribution in [1.82, 2.24) is 0 Å². The van der Waals surface area contributed by atoms with Crippen LogP contribution >= 0.6 is 55.2 Å². The molecule has 3 unspecified atom stereocenters. The van der Waals surface area contributed by atoms with Crippen molar-refractivity contribution >= 4 is 73.7 Å². The topological polar surface area (TPSA) is 0 Å². The molecular weight excluding hydrogens is 626 g/mol. The van der Waals surface area contributed by atoms with Crippen molar-refractivity contribution in [3.63, 3.8) is 0 Å². The third-order valence-electron chi connectivity index (χ3n) is 7.63. The molecule has 30 heavy (non-hydrogen) atoms. The molecule has 2 aromatic carbocycles. The van der Waals surface area contributed by atoms with Crippen LogP contribution in [0.25, 0.3) is 0 Å². The molecule has 0 heterocycles. The van der Waals surface area contributed by atoms with Gasteiger partial charge >= 0.3 is 0 Å². The lowest BCUT2D eigenvalue weighted by Crippen LogP contribution is -2.68. The van der Waals surface area contributed by atoms with Gasteiger partial charge in [-0.25, -0.2) is 10.0 Å². The number of rotatable bonds is 9. The molecule has 0 fully saturated rings. The highest BCUT2D eigenvalue weighted by molar-refractivity contribution is 14.1. The van der Waals surface area contributed by atoms with Gasteiger partial charge < -0.3 is 0 Å². The molecule has 0 spiro atoms. The van der Waals surface area contributed by atoms with Crippen molar-refractivity contribution in [2.75, 3.05) is 6.26 Å². The van der Waals surface area contributed by atoms with Gasteiger partial charge in [-0.2, -0.15) is 0 Å². The smallest absolute Gasteiger partial charge is 0.130 e. The van der Waals surface area contributed by atoms with Crippen LogP contribution in [0, 0.1) is 0 Å². The van der Waals surface area contributed by atoms with E-state index in [1.807, 2.05) is 0 Å². The maximum Gasteiger partial charge on any atom is 0.130 e. The van der Waals surface area contributed by atoms with Crippen molar-refractivity contribution in [2.45, 2.75) is 77.2 Å². The lowest BCUT2D eigenvalue weighted by molar-refractivity contribution is 0.681. The van der Waals surface area contributed by atoms with Gasteiger partial charge in [-0.15, -0.1) is 0 Å². The molecule has 0 saturated carbocycles. The van der Waals surface area contributed by atoms with Crippen LogP contribution in [0.4, 0.5) is 0 Å².